The van der Waals surface area contributed by atoms with Crippen molar-refractivity contribution in [1.82, 2.24) is 4.98 Å². The van der Waals surface area contributed by atoms with Gasteiger partial charge in [-0.1, -0.05) is 30.3 Å². The average Bonchev–Trinajstić information content (AvgIpc) is 2.80. The highest BCUT2D eigenvalue weighted by molar-refractivity contribution is 7.18. The number of aromatic nitrogens is 1. The zero-order chi connectivity index (χ0) is 14.2. The molecule has 1 unspecified atom stereocenters. The van der Waals surface area contributed by atoms with Crippen molar-refractivity contribution in [2.24, 2.45) is 5.73 Å². The van der Waals surface area contributed by atoms with Crippen molar-refractivity contribution >= 4 is 21.6 Å². The zero-order valence-corrected chi connectivity index (χ0v) is 12.0. The van der Waals surface area contributed by atoms with Gasteiger partial charge in [-0.05, 0) is 25.1 Å². The Balaban J connectivity index is 1.95. The van der Waals surface area contributed by atoms with Gasteiger partial charge in [-0.15, -0.1) is 11.3 Å². The topological polar surface area (TPSA) is 38.9 Å². The molecule has 0 saturated heterocycles. The number of para-hydroxylation sites is 1. The molecule has 1 heterocycles. The number of rotatable bonds is 3. The molecule has 2 N–H and O–H groups in total. The lowest BCUT2D eigenvalue weighted by molar-refractivity contribution is 0.457. The van der Waals surface area contributed by atoms with Crippen LogP contribution >= 0.6 is 11.3 Å². The number of nitrogens with two attached hydrogens (primary N) is 1. The number of hydrogen-bond donors (Lipinski definition) is 1. The molecule has 3 rings (SSSR count). The van der Waals surface area contributed by atoms with Crippen molar-refractivity contribution in [3.63, 3.8) is 0 Å². The second-order valence-corrected chi connectivity index (χ2v) is 6.26. The van der Waals surface area contributed by atoms with Crippen LogP contribution in [0.3, 0.4) is 0 Å². The summed E-state index contributed by atoms with van der Waals surface area (Å²) in [6.45, 7) is 1.84. The standard InChI is InChI=1S/C16H15FN2S/c1-16(18,11-6-2-3-7-12(11)17)10-15-19-13-8-4-5-9-14(13)20-15/h2-9H,10,18H2,1H3. The number of nitrogens with zero attached hydrogens (tertiary/aromatic N) is 1. The highest BCUT2D eigenvalue weighted by Crippen LogP contribution is 2.29. The van der Waals surface area contributed by atoms with Gasteiger partial charge in [0.05, 0.1) is 15.2 Å². The maximum atomic E-state index is 13.9. The van der Waals surface area contributed by atoms with E-state index in [4.69, 9.17) is 5.73 Å². The van der Waals surface area contributed by atoms with E-state index in [-0.39, 0.29) is 5.82 Å². The average molecular weight is 286 g/mol. The van der Waals surface area contributed by atoms with Crippen LogP contribution in [-0.2, 0) is 12.0 Å². The van der Waals surface area contributed by atoms with Crippen molar-refractivity contribution in [3.05, 3.63) is 64.9 Å². The Morgan fingerprint density at radius 2 is 1.85 bits per heavy atom. The van der Waals surface area contributed by atoms with Crippen molar-refractivity contribution < 1.29 is 4.39 Å². The largest absolute Gasteiger partial charge is 0.321 e. The highest BCUT2D eigenvalue weighted by Gasteiger charge is 2.26. The molecule has 0 radical (unpaired) electrons. The first-order valence-electron chi connectivity index (χ1n) is 6.44. The Kier molecular flexibility index (Phi) is 3.28. The lowest BCUT2D eigenvalue weighted by atomic mass is 9.89. The normalized spacial score (nSPS) is 14.3. The van der Waals surface area contributed by atoms with Crippen LogP contribution in [0.2, 0.25) is 0 Å². The molecule has 0 aliphatic heterocycles. The van der Waals surface area contributed by atoms with Gasteiger partial charge in [-0.3, -0.25) is 0 Å². The quantitative estimate of drug-likeness (QED) is 0.794. The first kappa shape index (κ1) is 13.2. The third-order valence-corrected chi connectivity index (χ3v) is 4.38. The number of hydrogen-bond acceptors (Lipinski definition) is 3. The van der Waals surface area contributed by atoms with Crippen LogP contribution in [0.1, 0.15) is 17.5 Å². The van der Waals surface area contributed by atoms with E-state index in [1.54, 1.807) is 23.5 Å². The first-order chi connectivity index (χ1) is 9.56. The van der Waals surface area contributed by atoms with Gasteiger partial charge in [-0.25, -0.2) is 9.37 Å². The number of benzene rings is 2. The van der Waals surface area contributed by atoms with Crippen LogP contribution in [-0.4, -0.2) is 4.98 Å². The Hall–Kier alpha value is -1.78. The second kappa shape index (κ2) is 4.96. The Morgan fingerprint density at radius 1 is 1.15 bits per heavy atom. The van der Waals surface area contributed by atoms with Crippen LogP contribution in [0.5, 0.6) is 0 Å². The van der Waals surface area contributed by atoms with Crippen LogP contribution < -0.4 is 5.73 Å². The van der Waals surface area contributed by atoms with Gasteiger partial charge in [-0.2, -0.15) is 0 Å². The lowest BCUT2D eigenvalue weighted by Gasteiger charge is -2.24. The predicted molar refractivity (Wildman–Crippen MR) is 81.3 cm³/mol. The smallest absolute Gasteiger partial charge is 0.128 e. The van der Waals surface area contributed by atoms with E-state index in [1.165, 1.54) is 6.07 Å². The summed E-state index contributed by atoms with van der Waals surface area (Å²) in [4.78, 5) is 4.57. The van der Waals surface area contributed by atoms with E-state index < -0.39 is 5.54 Å². The minimum atomic E-state index is -0.765. The lowest BCUT2D eigenvalue weighted by Crippen LogP contribution is -2.36. The minimum Gasteiger partial charge on any atom is -0.321 e. The van der Waals surface area contributed by atoms with Crippen molar-refractivity contribution in [2.75, 3.05) is 0 Å². The molecule has 0 amide bonds. The molecule has 0 spiro atoms. The molecular formula is C16H15FN2S. The van der Waals surface area contributed by atoms with Gasteiger partial charge in [0.15, 0.2) is 0 Å². The van der Waals surface area contributed by atoms with Gasteiger partial charge in [0, 0.05) is 17.5 Å². The van der Waals surface area contributed by atoms with Gasteiger partial charge < -0.3 is 5.73 Å². The van der Waals surface area contributed by atoms with Crippen LogP contribution in [0, 0.1) is 5.82 Å². The number of thiazole rings is 1. The van der Waals surface area contributed by atoms with E-state index in [0.717, 1.165) is 15.2 Å². The highest BCUT2D eigenvalue weighted by atomic mass is 32.1. The van der Waals surface area contributed by atoms with E-state index in [9.17, 15) is 4.39 Å². The van der Waals surface area contributed by atoms with Gasteiger partial charge in [0.1, 0.15) is 5.82 Å². The first-order valence-corrected chi connectivity index (χ1v) is 7.26. The van der Waals surface area contributed by atoms with Crippen LogP contribution in [0.25, 0.3) is 10.2 Å². The fraction of sp³-hybridized carbons (Fsp3) is 0.188. The molecule has 0 fully saturated rings. The predicted octanol–water partition coefficient (Wildman–Crippen LogP) is 3.85. The Morgan fingerprint density at radius 3 is 2.60 bits per heavy atom. The maximum absolute atomic E-state index is 13.9. The Bertz CT molecular complexity index is 716. The molecule has 0 bridgehead atoms. The zero-order valence-electron chi connectivity index (χ0n) is 11.1. The summed E-state index contributed by atoms with van der Waals surface area (Å²) in [5.74, 6) is -0.265. The summed E-state index contributed by atoms with van der Waals surface area (Å²) in [6.07, 6.45) is 0.521. The van der Waals surface area contributed by atoms with Gasteiger partial charge in [0.2, 0.25) is 0 Å². The molecule has 102 valence electrons. The molecule has 0 aliphatic carbocycles. The second-order valence-electron chi connectivity index (χ2n) is 5.15. The molecule has 2 nitrogen and oxygen atoms in total. The summed E-state index contributed by atoms with van der Waals surface area (Å²) in [7, 11) is 0. The molecule has 20 heavy (non-hydrogen) atoms. The maximum Gasteiger partial charge on any atom is 0.128 e. The summed E-state index contributed by atoms with van der Waals surface area (Å²) in [6, 6.07) is 14.6. The summed E-state index contributed by atoms with van der Waals surface area (Å²) in [5, 5.41) is 0.930. The summed E-state index contributed by atoms with van der Waals surface area (Å²) in [5.41, 5.74) is 7.05. The third-order valence-electron chi connectivity index (χ3n) is 3.35. The Labute approximate surface area is 121 Å². The molecule has 2 aromatic carbocycles. The molecule has 1 atom stereocenters. The molecule has 0 saturated carbocycles. The monoisotopic (exact) mass is 286 g/mol. The SMILES string of the molecule is CC(N)(Cc1nc2ccccc2s1)c1ccccc1F. The molecular weight excluding hydrogens is 271 g/mol. The fourth-order valence-corrected chi connectivity index (χ4v) is 3.46. The number of halogens is 1. The van der Waals surface area contributed by atoms with Gasteiger partial charge in [0.25, 0.3) is 0 Å². The molecule has 4 heteroatoms. The third kappa shape index (κ3) is 2.44. The minimum absolute atomic E-state index is 0.265. The van der Waals surface area contributed by atoms with E-state index in [1.807, 2.05) is 37.3 Å². The molecule has 3 aromatic rings. The molecule has 1 aromatic heterocycles. The van der Waals surface area contributed by atoms with Gasteiger partial charge >= 0.3 is 0 Å². The summed E-state index contributed by atoms with van der Waals surface area (Å²) < 4.78 is 15.0. The van der Waals surface area contributed by atoms with Crippen molar-refractivity contribution in [3.8, 4) is 0 Å². The number of fused-ring (bicyclic) bond motifs is 1. The summed E-state index contributed by atoms with van der Waals surface area (Å²) >= 11 is 1.61. The fourth-order valence-electron chi connectivity index (χ4n) is 2.33. The van der Waals surface area contributed by atoms with Crippen LogP contribution in [0.15, 0.2) is 48.5 Å². The van der Waals surface area contributed by atoms with E-state index in [0.29, 0.717) is 12.0 Å². The van der Waals surface area contributed by atoms with Crippen molar-refractivity contribution in [1.29, 1.82) is 0 Å². The van der Waals surface area contributed by atoms with E-state index >= 15 is 0 Å². The molecule has 0 aliphatic rings. The van der Waals surface area contributed by atoms with Crippen LogP contribution in [0.4, 0.5) is 4.39 Å². The van der Waals surface area contributed by atoms with Crippen molar-refractivity contribution in [2.45, 2.75) is 18.9 Å². The van der Waals surface area contributed by atoms with E-state index in [2.05, 4.69) is 4.98 Å².